The molecule has 0 radical (unpaired) electrons. The topological polar surface area (TPSA) is 0 Å². The molecule has 13 heavy (non-hydrogen) atoms. The minimum atomic E-state index is 0. The fourth-order valence-corrected chi connectivity index (χ4v) is 1.32. The summed E-state index contributed by atoms with van der Waals surface area (Å²) in [5.41, 5.74) is 1.36. The normalized spacial score (nSPS) is 8.08. The van der Waals surface area contributed by atoms with Gasteiger partial charge in [-0.15, -0.1) is 34.5 Å². The van der Waals surface area contributed by atoms with E-state index in [1.54, 1.807) is 0 Å². The number of benzene rings is 1. The van der Waals surface area contributed by atoms with E-state index in [4.69, 9.17) is 0 Å². The van der Waals surface area contributed by atoms with Crippen molar-refractivity contribution in [3.8, 4) is 0 Å². The van der Waals surface area contributed by atoms with E-state index in [1.165, 1.54) is 16.3 Å². The van der Waals surface area contributed by atoms with Gasteiger partial charge in [-0.1, -0.05) is 13.0 Å². The average molecular weight is 379 g/mol. The van der Waals surface area contributed by atoms with Crippen LogP contribution in [0.25, 0.3) is 10.8 Å². The molecule has 0 heterocycles. The Labute approximate surface area is 110 Å². The van der Waals surface area contributed by atoms with Crippen LogP contribution in [-0.2, 0) is 25.8 Å². The molecule has 0 aliphatic rings. The van der Waals surface area contributed by atoms with Crippen LogP contribution < -0.4 is 24.8 Å². The number of rotatable bonds is 0. The Morgan fingerprint density at radius 2 is 1.77 bits per heavy atom. The Balaban J connectivity index is 0. The number of hydrogen-bond donors (Lipinski definition) is 0. The van der Waals surface area contributed by atoms with Gasteiger partial charge in [-0.2, -0.15) is 12.1 Å². The summed E-state index contributed by atoms with van der Waals surface area (Å²) in [5, 5.41) is 2.72. The zero-order valence-corrected chi connectivity index (χ0v) is 12.3. The molecule has 0 spiro atoms. The standard InChI is InChI=1S/C10H9.2ClH.Hf/c1-8-4-2-5-9-6-3-7-10(8)9;;;/h2-7H,1H3;2*1H;/q-1;;;/p-2. The molecule has 0 atom stereocenters. The van der Waals surface area contributed by atoms with Crippen molar-refractivity contribution in [2.75, 3.05) is 0 Å². The van der Waals surface area contributed by atoms with E-state index >= 15 is 0 Å². The third-order valence-corrected chi connectivity index (χ3v) is 1.90. The van der Waals surface area contributed by atoms with Crippen molar-refractivity contribution in [1.29, 1.82) is 0 Å². The van der Waals surface area contributed by atoms with Gasteiger partial charge in [-0.05, 0) is 0 Å². The summed E-state index contributed by atoms with van der Waals surface area (Å²) < 4.78 is 0. The molecule has 0 N–H and O–H groups in total. The fraction of sp³-hybridized carbons (Fsp3) is 0.100. The Bertz CT molecular complexity index is 354. The van der Waals surface area contributed by atoms with Crippen LogP contribution in [0.1, 0.15) is 5.56 Å². The van der Waals surface area contributed by atoms with Crippen LogP contribution >= 0.6 is 0 Å². The average Bonchev–Trinajstić information content (AvgIpc) is 2.36. The fourth-order valence-electron chi connectivity index (χ4n) is 1.32. The summed E-state index contributed by atoms with van der Waals surface area (Å²) in [6, 6.07) is 12.8. The smallest absolute Gasteiger partial charge is 0 e. The van der Waals surface area contributed by atoms with Crippen molar-refractivity contribution in [1.82, 2.24) is 0 Å². The van der Waals surface area contributed by atoms with E-state index in [0.29, 0.717) is 0 Å². The SMILES string of the molecule is Cc1cccc2cc[cH-]c12.[Cl-].[Cl-].[Hf]. The van der Waals surface area contributed by atoms with Crippen molar-refractivity contribution in [2.45, 2.75) is 6.92 Å². The zero-order chi connectivity index (χ0) is 6.97. The van der Waals surface area contributed by atoms with Crippen LogP contribution in [0.2, 0.25) is 0 Å². The first kappa shape index (κ1) is 15.7. The summed E-state index contributed by atoms with van der Waals surface area (Å²) in [5.74, 6) is 0. The maximum Gasteiger partial charge on any atom is 0 e. The molecule has 3 heteroatoms. The minimum absolute atomic E-state index is 0. The summed E-state index contributed by atoms with van der Waals surface area (Å²) >= 11 is 0. The first-order valence-electron chi connectivity index (χ1n) is 3.49. The first-order valence-corrected chi connectivity index (χ1v) is 3.49. The number of hydrogen-bond acceptors (Lipinski definition) is 0. The molecular formula is C10H9Cl2Hf-3. The predicted octanol–water partition coefficient (Wildman–Crippen LogP) is -3.13. The van der Waals surface area contributed by atoms with E-state index in [-0.39, 0.29) is 50.7 Å². The molecule has 0 nitrogen and oxygen atoms in total. The van der Waals surface area contributed by atoms with Gasteiger partial charge in [0.15, 0.2) is 0 Å². The van der Waals surface area contributed by atoms with Gasteiger partial charge < -0.3 is 24.8 Å². The van der Waals surface area contributed by atoms with E-state index in [9.17, 15) is 0 Å². The van der Waals surface area contributed by atoms with Gasteiger partial charge >= 0.3 is 0 Å². The summed E-state index contributed by atoms with van der Waals surface area (Å²) in [7, 11) is 0. The molecule has 0 bridgehead atoms. The summed E-state index contributed by atoms with van der Waals surface area (Å²) in [4.78, 5) is 0. The molecule has 0 aromatic heterocycles. The molecule has 0 amide bonds. The van der Waals surface area contributed by atoms with Crippen molar-refractivity contribution >= 4 is 10.8 Å². The quantitative estimate of drug-likeness (QED) is 0.336. The molecule has 70 valence electrons. The molecule has 0 saturated carbocycles. The molecule has 0 fully saturated rings. The van der Waals surface area contributed by atoms with Crippen LogP contribution in [0.4, 0.5) is 0 Å². The minimum Gasteiger partial charge on any atom is -1.00 e. The Hall–Kier alpha value is 0.280. The largest absolute Gasteiger partial charge is 1.00 e. The summed E-state index contributed by atoms with van der Waals surface area (Å²) in [6.45, 7) is 2.14. The van der Waals surface area contributed by atoms with E-state index in [0.717, 1.165) is 0 Å². The zero-order valence-electron chi connectivity index (χ0n) is 7.22. The van der Waals surface area contributed by atoms with Crippen LogP contribution in [0.3, 0.4) is 0 Å². The van der Waals surface area contributed by atoms with Crippen molar-refractivity contribution in [3.05, 3.63) is 42.0 Å². The second-order valence-electron chi connectivity index (χ2n) is 2.60. The molecule has 2 rings (SSSR count). The van der Waals surface area contributed by atoms with Gasteiger partial charge in [0.25, 0.3) is 0 Å². The maximum atomic E-state index is 2.16. The number of halogens is 2. The van der Waals surface area contributed by atoms with Crippen molar-refractivity contribution in [3.63, 3.8) is 0 Å². The number of aryl methyl sites for hydroxylation is 1. The van der Waals surface area contributed by atoms with E-state index in [2.05, 4.69) is 43.3 Å². The van der Waals surface area contributed by atoms with Crippen molar-refractivity contribution in [2.24, 2.45) is 0 Å². The Morgan fingerprint density at radius 3 is 2.38 bits per heavy atom. The first-order chi connectivity index (χ1) is 4.88. The van der Waals surface area contributed by atoms with Gasteiger partial charge in [-0.25, -0.2) is 0 Å². The molecule has 2 aromatic rings. The molecule has 0 unspecified atom stereocenters. The molecular weight excluding hydrogens is 370 g/mol. The molecule has 0 aliphatic heterocycles. The molecule has 0 aliphatic carbocycles. The van der Waals surface area contributed by atoms with Crippen LogP contribution in [0.15, 0.2) is 36.4 Å². The van der Waals surface area contributed by atoms with E-state index < -0.39 is 0 Å². The monoisotopic (exact) mass is 379 g/mol. The van der Waals surface area contributed by atoms with Gasteiger partial charge in [0, 0.05) is 25.8 Å². The Morgan fingerprint density at radius 1 is 1.08 bits per heavy atom. The van der Waals surface area contributed by atoms with Gasteiger partial charge in [0.05, 0.1) is 0 Å². The third kappa shape index (κ3) is 3.16. The maximum absolute atomic E-state index is 2.16. The Kier molecular flexibility index (Phi) is 8.10. The molecule has 2 aromatic carbocycles. The van der Waals surface area contributed by atoms with Crippen LogP contribution in [-0.4, -0.2) is 0 Å². The summed E-state index contributed by atoms with van der Waals surface area (Å²) in [6.07, 6.45) is 0. The second-order valence-corrected chi connectivity index (χ2v) is 2.60. The van der Waals surface area contributed by atoms with E-state index in [1.807, 2.05) is 0 Å². The predicted molar refractivity (Wildman–Crippen MR) is 44.3 cm³/mol. The van der Waals surface area contributed by atoms with Gasteiger partial charge in [-0.3, -0.25) is 0 Å². The van der Waals surface area contributed by atoms with Gasteiger partial charge in [0.1, 0.15) is 0 Å². The number of fused-ring (bicyclic) bond motifs is 1. The van der Waals surface area contributed by atoms with Gasteiger partial charge in [0.2, 0.25) is 0 Å². The molecule has 0 saturated heterocycles. The van der Waals surface area contributed by atoms with Crippen LogP contribution in [0.5, 0.6) is 0 Å². The van der Waals surface area contributed by atoms with Crippen molar-refractivity contribution < 1.29 is 50.7 Å². The van der Waals surface area contributed by atoms with Crippen LogP contribution in [0, 0.1) is 6.92 Å². The second kappa shape index (κ2) is 6.69. The third-order valence-electron chi connectivity index (χ3n) is 1.90.